The van der Waals surface area contributed by atoms with Crippen LogP contribution in [0, 0.1) is 5.92 Å². The highest BCUT2D eigenvalue weighted by atomic mass is 79.9. The van der Waals surface area contributed by atoms with Crippen molar-refractivity contribution in [2.45, 2.75) is 12.8 Å². The zero-order chi connectivity index (χ0) is 14.8. The summed E-state index contributed by atoms with van der Waals surface area (Å²) >= 11 is 3.38. The van der Waals surface area contributed by atoms with Crippen molar-refractivity contribution in [2.75, 3.05) is 31.1 Å². The number of aromatic nitrogens is 1. The first-order chi connectivity index (χ1) is 10.1. The van der Waals surface area contributed by atoms with Crippen LogP contribution in [0.2, 0.25) is 0 Å². The number of hydrogen-bond acceptors (Lipinski definition) is 5. The molecule has 3 rings (SSSR count). The standard InChI is InChI=1S/C14H16BrN3O3/c15-11-2-1-3-12(16-11)17-6-4-10(5-7-17)8-18-13(19)9-21-14(18)20/h1-3,10H,4-9H2. The van der Waals surface area contributed by atoms with Crippen molar-refractivity contribution in [1.82, 2.24) is 9.88 Å². The third-order valence-electron chi connectivity index (χ3n) is 3.92. The second-order valence-corrected chi connectivity index (χ2v) is 6.12. The summed E-state index contributed by atoms with van der Waals surface area (Å²) < 4.78 is 5.56. The number of imide groups is 1. The molecule has 3 heterocycles. The first kappa shape index (κ1) is 14.3. The van der Waals surface area contributed by atoms with Crippen LogP contribution in [0.1, 0.15) is 12.8 Å². The quantitative estimate of drug-likeness (QED) is 0.778. The molecule has 0 atom stereocenters. The molecule has 2 aliphatic heterocycles. The average molecular weight is 354 g/mol. The smallest absolute Gasteiger partial charge is 0.417 e. The zero-order valence-corrected chi connectivity index (χ0v) is 13.1. The Labute approximate surface area is 131 Å². The highest BCUT2D eigenvalue weighted by Crippen LogP contribution is 2.24. The largest absolute Gasteiger partial charge is 0.439 e. The van der Waals surface area contributed by atoms with E-state index in [0.717, 1.165) is 36.4 Å². The zero-order valence-electron chi connectivity index (χ0n) is 11.5. The lowest BCUT2D eigenvalue weighted by Gasteiger charge is -2.33. The monoisotopic (exact) mass is 353 g/mol. The van der Waals surface area contributed by atoms with Crippen molar-refractivity contribution in [1.29, 1.82) is 0 Å². The summed E-state index contributed by atoms with van der Waals surface area (Å²) in [5.74, 6) is 1.07. The summed E-state index contributed by atoms with van der Waals surface area (Å²) in [6.45, 7) is 2.12. The summed E-state index contributed by atoms with van der Waals surface area (Å²) in [7, 11) is 0. The van der Waals surface area contributed by atoms with Crippen LogP contribution >= 0.6 is 15.9 Å². The third-order valence-corrected chi connectivity index (χ3v) is 4.36. The molecule has 0 aliphatic carbocycles. The number of rotatable bonds is 3. The molecule has 1 aromatic heterocycles. The Morgan fingerprint density at radius 3 is 2.67 bits per heavy atom. The van der Waals surface area contributed by atoms with Crippen LogP contribution in [-0.4, -0.2) is 48.1 Å². The van der Waals surface area contributed by atoms with Crippen LogP contribution in [0.25, 0.3) is 0 Å². The van der Waals surface area contributed by atoms with Gasteiger partial charge in [0.2, 0.25) is 0 Å². The molecule has 112 valence electrons. The summed E-state index contributed by atoms with van der Waals surface area (Å²) in [6, 6.07) is 5.87. The van der Waals surface area contributed by atoms with E-state index in [9.17, 15) is 9.59 Å². The molecule has 1 aromatic rings. The number of cyclic esters (lactones) is 1. The van der Waals surface area contributed by atoms with Gasteiger partial charge in [-0.15, -0.1) is 0 Å². The molecule has 0 unspecified atom stereocenters. The van der Waals surface area contributed by atoms with Crippen molar-refractivity contribution in [3.63, 3.8) is 0 Å². The number of hydrogen-bond donors (Lipinski definition) is 0. The number of nitrogens with zero attached hydrogens (tertiary/aromatic N) is 3. The fourth-order valence-corrected chi connectivity index (χ4v) is 3.07. The predicted molar refractivity (Wildman–Crippen MR) is 79.9 cm³/mol. The molecule has 2 aliphatic rings. The Bertz CT molecular complexity index is 542. The van der Waals surface area contributed by atoms with Gasteiger partial charge in [-0.3, -0.25) is 4.79 Å². The van der Waals surface area contributed by atoms with Crippen LogP contribution in [0.3, 0.4) is 0 Å². The molecule has 21 heavy (non-hydrogen) atoms. The minimum atomic E-state index is -0.504. The fourth-order valence-electron chi connectivity index (χ4n) is 2.73. The molecule has 0 aromatic carbocycles. The number of amides is 2. The van der Waals surface area contributed by atoms with Gasteiger partial charge in [-0.2, -0.15) is 0 Å². The van der Waals surface area contributed by atoms with Crippen molar-refractivity contribution in [3.8, 4) is 0 Å². The molecule has 0 bridgehead atoms. The Kier molecular flexibility index (Phi) is 4.10. The van der Waals surface area contributed by atoms with Crippen LogP contribution in [0.4, 0.5) is 10.6 Å². The van der Waals surface area contributed by atoms with E-state index in [1.807, 2.05) is 18.2 Å². The number of anilines is 1. The predicted octanol–water partition coefficient (Wildman–Crippen LogP) is 2.04. The van der Waals surface area contributed by atoms with Crippen molar-refractivity contribution in [2.24, 2.45) is 5.92 Å². The van der Waals surface area contributed by atoms with Crippen LogP contribution in [-0.2, 0) is 9.53 Å². The minimum absolute atomic E-state index is 0.111. The maximum Gasteiger partial charge on any atom is 0.417 e. The lowest BCUT2D eigenvalue weighted by molar-refractivity contribution is -0.126. The summed E-state index contributed by atoms with van der Waals surface area (Å²) in [4.78, 5) is 30.9. The Morgan fingerprint density at radius 1 is 1.29 bits per heavy atom. The van der Waals surface area contributed by atoms with E-state index in [0.29, 0.717) is 12.5 Å². The minimum Gasteiger partial charge on any atom is -0.439 e. The lowest BCUT2D eigenvalue weighted by atomic mass is 9.96. The normalized spacial score (nSPS) is 20.0. The van der Waals surface area contributed by atoms with Gasteiger partial charge >= 0.3 is 6.09 Å². The Hall–Kier alpha value is -1.63. The van der Waals surface area contributed by atoms with Gasteiger partial charge in [0.15, 0.2) is 6.61 Å². The van der Waals surface area contributed by atoms with E-state index in [-0.39, 0.29) is 12.5 Å². The van der Waals surface area contributed by atoms with Crippen LogP contribution in [0.15, 0.2) is 22.8 Å². The third kappa shape index (κ3) is 3.18. The van der Waals surface area contributed by atoms with Gasteiger partial charge in [0.05, 0.1) is 0 Å². The number of piperidine rings is 1. The first-order valence-corrected chi connectivity index (χ1v) is 7.77. The lowest BCUT2D eigenvalue weighted by Crippen LogP contribution is -2.40. The molecule has 2 fully saturated rings. The average Bonchev–Trinajstić information content (AvgIpc) is 2.80. The Balaban J connectivity index is 1.56. The summed E-state index contributed by atoms with van der Waals surface area (Å²) in [6.07, 6.45) is 1.37. The van der Waals surface area contributed by atoms with Gasteiger partial charge < -0.3 is 9.64 Å². The number of pyridine rings is 1. The molecule has 7 heteroatoms. The van der Waals surface area contributed by atoms with E-state index in [4.69, 9.17) is 4.74 Å². The molecular weight excluding hydrogens is 338 g/mol. The van der Waals surface area contributed by atoms with Gasteiger partial charge in [-0.05, 0) is 46.8 Å². The van der Waals surface area contributed by atoms with Gasteiger partial charge in [-0.1, -0.05) is 6.07 Å². The molecule has 0 N–H and O–H groups in total. The molecule has 0 saturated carbocycles. The number of carbonyl (C=O) groups excluding carboxylic acids is 2. The number of carbonyl (C=O) groups is 2. The number of halogens is 1. The van der Waals surface area contributed by atoms with E-state index in [1.54, 1.807) is 0 Å². The van der Waals surface area contributed by atoms with Crippen molar-refractivity contribution < 1.29 is 14.3 Å². The molecular formula is C14H16BrN3O3. The second kappa shape index (κ2) is 6.01. The van der Waals surface area contributed by atoms with E-state index in [1.165, 1.54) is 4.90 Å². The number of ether oxygens (including phenoxy) is 1. The van der Waals surface area contributed by atoms with Crippen LogP contribution in [0.5, 0.6) is 0 Å². The maximum atomic E-state index is 11.5. The topological polar surface area (TPSA) is 62.7 Å². The van der Waals surface area contributed by atoms with Gasteiger partial charge in [0.1, 0.15) is 10.4 Å². The molecule has 0 spiro atoms. The summed E-state index contributed by atoms with van der Waals surface area (Å²) in [5, 5.41) is 0. The van der Waals surface area contributed by atoms with Crippen molar-refractivity contribution in [3.05, 3.63) is 22.8 Å². The van der Waals surface area contributed by atoms with Crippen LogP contribution < -0.4 is 4.90 Å². The van der Waals surface area contributed by atoms with E-state index >= 15 is 0 Å². The molecule has 0 radical (unpaired) electrons. The molecule has 6 nitrogen and oxygen atoms in total. The van der Waals surface area contributed by atoms with Gasteiger partial charge in [0.25, 0.3) is 5.91 Å². The summed E-state index contributed by atoms with van der Waals surface area (Å²) in [5.41, 5.74) is 0. The second-order valence-electron chi connectivity index (χ2n) is 5.31. The maximum absolute atomic E-state index is 11.5. The molecule has 2 amide bonds. The highest BCUT2D eigenvalue weighted by molar-refractivity contribution is 9.10. The van der Waals surface area contributed by atoms with E-state index < -0.39 is 6.09 Å². The SMILES string of the molecule is O=C1COC(=O)N1CC1CCN(c2cccc(Br)n2)CC1. The highest BCUT2D eigenvalue weighted by Gasteiger charge is 2.33. The van der Waals surface area contributed by atoms with Gasteiger partial charge in [0, 0.05) is 19.6 Å². The van der Waals surface area contributed by atoms with Crippen molar-refractivity contribution >= 4 is 33.7 Å². The van der Waals surface area contributed by atoms with E-state index in [2.05, 4.69) is 25.8 Å². The fraction of sp³-hybridized carbons (Fsp3) is 0.500. The molecule has 2 saturated heterocycles. The first-order valence-electron chi connectivity index (χ1n) is 6.98. The Morgan fingerprint density at radius 2 is 2.05 bits per heavy atom. The van der Waals surface area contributed by atoms with Gasteiger partial charge in [-0.25, -0.2) is 14.7 Å².